The maximum Gasteiger partial charge on any atom is 0.396 e. The summed E-state index contributed by atoms with van der Waals surface area (Å²) in [4.78, 5) is 32.0. The fourth-order valence-corrected chi connectivity index (χ4v) is 2.78. The van der Waals surface area contributed by atoms with E-state index in [4.69, 9.17) is 0 Å². The first kappa shape index (κ1) is 20.0. The number of aromatic nitrogens is 4. The number of nitrogens with zero attached hydrogens (tertiary/aromatic N) is 4. The van der Waals surface area contributed by atoms with E-state index in [0.29, 0.717) is 17.3 Å². The van der Waals surface area contributed by atoms with Crippen LogP contribution in [0, 0.1) is 0 Å². The van der Waals surface area contributed by atoms with Crippen molar-refractivity contribution >= 4 is 40.5 Å². The molecule has 26 heavy (non-hydrogen) atoms. The maximum absolute atomic E-state index is 11.6. The van der Waals surface area contributed by atoms with Crippen LogP contribution < -0.4 is 10.6 Å². The SMILES string of the molecule is CCCNc1nc(SCC)nc2c1cnn2CCNC(=O)C(=O)OCC. The van der Waals surface area contributed by atoms with Crippen molar-refractivity contribution in [3.05, 3.63) is 6.20 Å². The Kier molecular flexibility index (Phi) is 7.64. The number of hydrogen-bond acceptors (Lipinski definition) is 8. The number of thioether (sulfide) groups is 1. The molecule has 142 valence electrons. The number of rotatable bonds is 9. The zero-order valence-electron chi connectivity index (χ0n) is 15.2. The molecular formula is C16H24N6O3S. The van der Waals surface area contributed by atoms with Gasteiger partial charge in [-0.2, -0.15) is 5.10 Å². The number of amides is 1. The van der Waals surface area contributed by atoms with Crippen LogP contribution in [0.25, 0.3) is 11.0 Å². The number of carbonyl (C=O) groups excluding carboxylic acids is 2. The van der Waals surface area contributed by atoms with Crippen molar-refractivity contribution in [2.75, 3.05) is 30.8 Å². The lowest BCUT2D eigenvalue weighted by Crippen LogP contribution is -2.34. The molecule has 0 saturated carbocycles. The fraction of sp³-hybridized carbons (Fsp3) is 0.562. The lowest BCUT2D eigenvalue weighted by atomic mass is 10.3. The Bertz CT molecular complexity index is 764. The highest BCUT2D eigenvalue weighted by Crippen LogP contribution is 2.24. The average Bonchev–Trinajstić information content (AvgIpc) is 3.03. The van der Waals surface area contributed by atoms with Crippen molar-refractivity contribution in [3.63, 3.8) is 0 Å². The first-order valence-corrected chi connectivity index (χ1v) is 9.64. The van der Waals surface area contributed by atoms with Gasteiger partial charge in [-0.3, -0.25) is 4.79 Å². The third-order valence-electron chi connectivity index (χ3n) is 3.36. The summed E-state index contributed by atoms with van der Waals surface area (Å²) in [6.45, 7) is 7.38. The van der Waals surface area contributed by atoms with Crippen molar-refractivity contribution < 1.29 is 14.3 Å². The van der Waals surface area contributed by atoms with Gasteiger partial charge < -0.3 is 15.4 Å². The zero-order chi connectivity index (χ0) is 18.9. The van der Waals surface area contributed by atoms with Crippen LogP contribution in [-0.4, -0.2) is 57.1 Å². The van der Waals surface area contributed by atoms with E-state index >= 15 is 0 Å². The van der Waals surface area contributed by atoms with Gasteiger partial charge in [0, 0.05) is 13.1 Å². The standard InChI is InChI=1S/C16H24N6O3S/c1-4-7-17-12-11-10-19-22(13(11)21-16(20-12)26-6-3)9-8-18-14(23)15(24)25-5-2/h10H,4-9H2,1-3H3,(H,18,23)(H,17,20,21). The second-order valence-corrected chi connectivity index (χ2v) is 6.53. The van der Waals surface area contributed by atoms with Crippen LogP contribution in [0.15, 0.2) is 11.4 Å². The summed E-state index contributed by atoms with van der Waals surface area (Å²) in [7, 11) is 0. The van der Waals surface area contributed by atoms with Gasteiger partial charge in [-0.1, -0.05) is 25.6 Å². The molecule has 2 aromatic rings. The normalized spacial score (nSPS) is 10.7. The van der Waals surface area contributed by atoms with Crippen molar-refractivity contribution in [3.8, 4) is 0 Å². The molecule has 1 amide bonds. The van der Waals surface area contributed by atoms with Crippen LogP contribution >= 0.6 is 11.8 Å². The molecule has 0 fully saturated rings. The predicted molar refractivity (Wildman–Crippen MR) is 100 cm³/mol. The summed E-state index contributed by atoms with van der Waals surface area (Å²) in [5.41, 5.74) is 0.694. The summed E-state index contributed by atoms with van der Waals surface area (Å²) in [6, 6.07) is 0. The molecule has 2 heterocycles. The third kappa shape index (κ3) is 5.07. The summed E-state index contributed by atoms with van der Waals surface area (Å²) in [5.74, 6) is -0.0180. The van der Waals surface area contributed by atoms with Crippen molar-refractivity contribution in [1.82, 2.24) is 25.1 Å². The Labute approximate surface area is 156 Å². The molecule has 0 aliphatic heterocycles. The van der Waals surface area contributed by atoms with E-state index in [-0.39, 0.29) is 13.2 Å². The van der Waals surface area contributed by atoms with E-state index in [0.717, 1.165) is 29.9 Å². The van der Waals surface area contributed by atoms with E-state index < -0.39 is 11.9 Å². The molecule has 0 aliphatic rings. The van der Waals surface area contributed by atoms with Crippen molar-refractivity contribution in [2.24, 2.45) is 0 Å². The van der Waals surface area contributed by atoms with Crippen LogP contribution in [0.2, 0.25) is 0 Å². The Morgan fingerprint density at radius 3 is 2.73 bits per heavy atom. The molecule has 0 unspecified atom stereocenters. The lowest BCUT2D eigenvalue weighted by molar-refractivity contribution is -0.154. The highest BCUT2D eigenvalue weighted by molar-refractivity contribution is 7.99. The summed E-state index contributed by atoms with van der Waals surface area (Å²) < 4.78 is 6.35. The Morgan fingerprint density at radius 1 is 1.23 bits per heavy atom. The van der Waals surface area contributed by atoms with E-state index in [9.17, 15) is 9.59 Å². The second-order valence-electron chi connectivity index (χ2n) is 5.30. The van der Waals surface area contributed by atoms with Gasteiger partial charge in [0.15, 0.2) is 10.8 Å². The molecular weight excluding hydrogens is 356 g/mol. The van der Waals surface area contributed by atoms with E-state index in [2.05, 4.69) is 37.4 Å². The molecule has 0 aromatic carbocycles. The number of esters is 1. The number of fused-ring (bicyclic) bond motifs is 1. The maximum atomic E-state index is 11.6. The van der Waals surface area contributed by atoms with Gasteiger partial charge in [-0.05, 0) is 19.1 Å². The molecule has 0 spiro atoms. The molecule has 0 radical (unpaired) electrons. The van der Waals surface area contributed by atoms with Gasteiger partial charge in [-0.25, -0.2) is 19.4 Å². The number of anilines is 1. The number of hydrogen-bond donors (Lipinski definition) is 2. The van der Waals surface area contributed by atoms with Crippen LogP contribution in [0.3, 0.4) is 0 Å². The quantitative estimate of drug-likeness (QED) is 0.291. The van der Waals surface area contributed by atoms with Crippen molar-refractivity contribution in [1.29, 1.82) is 0 Å². The Hall–Kier alpha value is -2.36. The zero-order valence-corrected chi connectivity index (χ0v) is 16.1. The molecule has 2 rings (SSSR count). The van der Waals surface area contributed by atoms with Gasteiger partial charge in [0.2, 0.25) is 0 Å². The number of ether oxygens (including phenoxy) is 1. The van der Waals surface area contributed by atoms with Crippen molar-refractivity contribution in [2.45, 2.75) is 38.9 Å². The molecule has 9 nitrogen and oxygen atoms in total. The number of carbonyl (C=O) groups is 2. The molecule has 0 aliphatic carbocycles. The topological polar surface area (TPSA) is 111 Å². The highest BCUT2D eigenvalue weighted by Gasteiger charge is 2.15. The predicted octanol–water partition coefficient (Wildman–Crippen LogP) is 1.44. The first-order chi connectivity index (χ1) is 12.6. The first-order valence-electron chi connectivity index (χ1n) is 8.65. The minimum absolute atomic E-state index is 0.165. The van der Waals surface area contributed by atoms with Crippen LogP contribution in [-0.2, 0) is 20.9 Å². The molecule has 0 atom stereocenters. The second kappa shape index (κ2) is 9.95. The molecule has 10 heteroatoms. The van der Waals surface area contributed by atoms with Crippen LogP contribution in [0.1, 0.15) is 27.2 Å². The molecule has 0 saturated heterocycles. The molecule has 2 N–H and O–H groups in total. The number of nitrogens with one attached hydrogen (secondary N) is 2. The lowest BCUT2D eigenvalue weighted by Gasteiger charge is -2.09. The molecule has 0 bridgehead atoms. The Balaban J connectivity index is 2.13. The van der Waals surface area contributed by atoms with E-state index in [1.54, 1.807) is 29.6 Å². The van der Waals surface area contributed by atoms with Gasteiger partial charge >= 0.3 is 11.9 Å². The minimum Gasteiger partial charge on any atom is -0.459 e. The summed E-state index contributed by atoms with van der Waals surface area (Å²) in [5, 5.41) is 11.7. The highest BCUT2D eigenvalue weighted by atomic mass is 32.2. The van der Waals surface area contributed by atoms with Gasteiger partial charge in [0.25, 0.3) is 0 Å². The van der Waals surface area contributed by atoms with Crippen LogP contribution in [0.4, 0.5) is 5.82 Å². The third-order valence-corrected chi connectivity index (χ3v) is 4.09. The van der Waals surface area contributed by atoms with Gasteiger partial charge in [-0.15, -0.1) is 0 Å². The Morgan fingerprint density at radius 2 is 2.04 bits per heavy atom. The average molecular weight is 380 g/mol. The smallest absolute Gasteiger partial charge is 0.396 e. The van der Waals surface area contributed by atoms with Gasteiger partial charge in [0.1, 0.15) is 5.82 Å². The summed E-state index contributed by atoms with van der Waals surface area (Å²) in [6.07, 6.45) is 2.69. The fourth-order valence-electron chi connectivity index (χ4n) is 2.21. The van der Waals surface area contributed by atoms with Gasteiger partial charge in [0.05, 0.1) is 24.7 Å². The monoisotopic (exact) mass is 380 g/mol. The van der Waals surface area contributed by atoms with E-state index in [1.807, 2.05) is 6.92 Å². The minimum atomic E-state index is -0.882. The molecule has 2 aromatic heterocycles. The summed E-state index contributed by atoms with van der Waals surface area (Å²) >= 11 is 1.55. The van der Waals surface area contributed by atoms with E-state index in [1.165, 1.54) is 0 Å². The van der Waals surface area contributed by atoms with Crippen LogP contribution in [0.5, 0.6) is 0 Å². The largest absolute Gasteiger partial charge is 0.459 e.